The first-order chi connectivity index (χ1) is 7.71. The van der Waals surface area contributed by atoms with E-state index in [4.69, 9.17) is 0 Å². The summed E-state index contributed by atoms with van der Waals surface area (Å²) in [7, 11) is 0. The number of nitrogens with zero attached hydrogens (tertiary/aromatic N) is 1. The monoisotopic (exact) mass is 247 g/mol. The zero-order chi connectivity index (χ0) is 13.2. The molecule has 0 radical (unpaired) electrons. The largest absolute Gasteiger partial charge is 0.416 e. The predicted octanol–water partition coefficient (Wildman–Crippen LogP) is 3.81. The molecule has 0 aliphatic rings. The molecule has 0 saturated heterocycles. The van der Waals surface area contributed by atoms with Crippen LogP contribution in [-0.4, -0.2) is 4.92 Å². The molecule has 0 aliphatic carbocycles. The molecule has 0 aromatic heterocycles. The molecule has 0 atom stereocenters. The highest BCUT2D eigenvalue weighted by Crippen LogP contribution is 2.33. The highest BCUT2D eigenvalue weighted by Gasteiger charge is 2.32. The van der Waals surface area contributed by atoms with Gasteiger partial charge >= 0.3 is 6.18 Å². The van der Waals surface area contributed by atoms with Crippen LogP contribution in [0.15, 0.2) is 18.2 Å². The third kappa shape index (κ3) is 3.44. The number of rotatable bonds is 3. The van der Waals surface area contributed by atoms with Crippen molar-refractivity contribution in [2.24, 2.45) is 5.92 Å². The second kappa shape index (κ2) is 4.73. The lowest BCUT2D eigenvalue weighted by molar-refractivity contribution is -0.385. The van der Waals surface area contributed by atoms with Gasteiger partial charge in [0.2, 0.25) is 0 Å². The average molecular weight is 247 g/mol. The van der Waals surface area contributed by atoms with Crippen LogP contribution >= 0.6 is 0 Å². The van der Waals surface area contributed by atoms with E-state index in [0.717, 1.165) is 6.07 Å². The van der Waals surface area contributed by atoms with Crippen LogP contribution in [0.2, 0.25) is 0 Å². The molecule has 94 valence electrons. The lowest BCUT2D eigenvalue weighted by atomic mass is 9.99. The summed E-state index contributed by atoms with van der Waals surface area (Å²) in [5, 5.41) is 10.7. The van der Waals surface area contributed by atoms with E-state index in [1.165, 1.54) is 6.07 Å². The molecule has 3 nitrogen and oxygen atoms in total. The molecular formula is C11H12F3NO2. The lowest BCUT2D eigenvalue weighted by Gasteiger charge is -2.10. The Morgan fingerprint density at radius 1 is 1.35 bits per heavy atom. The van der Waals surface area contributed by atoms with Crippen molar-refractivity contribution < 1.29 is 18.1 Å². The standard InChI is InChI=1S/C11H12F3NO2/c1-7(2)5-8-3-4-9(11(12,13)14)6-10(8)15(16)17/h3-4,6-7H,5H2,1-2H3. The number of halogens is 3. The minimum atomic E-state index is -4.55. The topological polar surface area (TPSA) is 43.1 Å². The van der Waals surface area contributed by atoms with Crippen LogP contribution in [0.3, 0.4) is 0 Å². The van der Waals surface area contributed by atoms with Gasteiger partial charge in [0.1, 0.15) is 0 Å². The Labute approximate surface area is 96.4 Å². The first kappa shape index (κ1) is 13.5. The lowest BCUT2D eigenvalue weighted by Crippen LogP contribution is -2.07. The fourth-order valence-corrected chi connectivity index (χ4v) is 1.52. The summed E-state index contributed by atoms with van der Waals surface area (Å²) in [5.41, 5.74) is -1.12. The average Bonchev–Trinajstić information content (AvgIpc) is 2.15. The van der Waals surface area contributed by atoms with Crippen molar-refractivity contribution in [3.05, 3.63) is 39.4 Å². The van der Waals surface area contributed by atoms with E-state index in [0.29, 0.717) is 18.1 Å². The maximum atomic E-state index is 12.4. The van der Waals surface area contributed by atoms with Gasteiger partial charge in [-0.1, -0.05) is 19.9 Å². The zero-order valence-electron chi connectivity index (χ0n) is 9.41. The summed E-state index contributed by atoms with van der Waals surface area (Å²) in [6.45, 7) is 3.70. The molecular weight excluding hydrogens is 235 g/mol. The summed E-state index contributed by atoms with van der Waals surface area (Å²) >= 11 is 0. The van der Waals surface area contributed by atoms with Gasteiger partial charge in [-0.05, 0) is 18.4 Å². The molecule has 0 heterocycles. The van der Waals surface area contributed by atoms with Gasteiger partial charge in [0.05, 0.1) is 10.5 Å². The van der Waals surface area contributed by atoms with Gasteiger partial charge in [-0.15, -0.1) is 0 Å². The SMILES string of the molecule is CC(C)Cc1ccc(C(F)(F)F)cc1[N+](=O)[O-]. The van der Waals surface area contributed by atoms with Crippen LogP contribution < -0.4 is 0 Å². The molecule has 1 rings (SSSR count). The molecule has 0 aliphatic heterocycles. The number of hydrogen-bond donors (Lipinski definition) is 0. The van der Waals surface area contributed by atoms with Crippen molar-refractivity contribution >= 4 is 5.69 Å². The Bertz CT molecular complexity index is 427. The summed E-state index contributed by atoms with van der Waals surface area (Å²) in [6.07, 6.45) is -4.17. The molecule has 1 aromatic carbocycles. The van der Waals surface area contributed by atoms with Gasteiger partial charge in [-0.25, -0.2) is 0 Å². The molecule has 0 saturated carbocycles. The Kier molecular flexibility index (Phi) is 3.75. The molecule has 6 heteroatoms. The van der Waals surface area contributed by atoms with E-state index in [2.05, 4.69) is 0 Å². The van der Waals surface area contributed by atoms with Gasteiger partial charge in [0.15, 0.2) is 0 Å². The third-order valence-corrected chi connectivity index (χ3v) is 2.24. The molecule has 0 fully saturated rings. The molecule has 0 N–H and O–H groups in total. The van der Waals surface area contributed by atoms with Crippen molar-refractivity contribution in [1.29, 1.82) is 0 Å². The minimum absolute atomic E-state index is 0.144. The van der Waals surface area contributed by atoms with Crippen LogP contribution in [0.1, 0.15) is 25.0 Å². The first-order valence-corrected chi connectivity index (χ1v) is 5.06. The molecule has 0 spiro atoms. The fraction of sp³-hybridized carbons (Fsp3) is 0.455. The summed E-state index contributed by atoms with van der Waals surface area (Å²) in [6, 6.07) is 2.66. The number of benzene rings is 1. The van der Waals surface area contributed by atoms with Gasteiger partial charge in [0, 0.05) is 11.6 Å². The zero-order valence-corrected chi connectivity index (χ0v) is 9.41. The van der Waals surface area contributed by atoms with Crippen LogP contribution in [0.5, 0.6) is 0 Å². The van der Waals surface area contributed by atoms with E-state index in [1.54, 1.807) is 0 Å². The van der Waals surface area contributed by atoms with Gasteiger partial charge in [0.25, 0.3) is 5.69 Å². The van der Waals surface area contributed by atoms with Crippen molar-refractivity contribution in [3.63, 3.8) is 0 Å². The first-order valence-electron chi connectivity index (χ1n) is 5.06. The summed E-state index contributed by atoms with van der Waals surface area (Å²) in [4.78, 5) is 9.95. The van der Waals surface area contributed by atoms with Gasteiger partial charge < -0.3 is 0 Å². The van der Waals surface area contributed by atoms with E-state index in [1.807, 2.05) is 13.8 Å². The van der Waals surface area contributed by atoms with E-state index in [-0.39, 0.29) is 5.92 Å². The van der Waals surface area contributed by atoms with E-state index in [9.17, 15) is 23.3 Å². The third-order valence-electron chi connectivity index (χ3n) is 2.24. The maximum absolute atomic E-state index is 12.4. The molecule has 0 unspecified atom stereocenters. The van der Waals surface area contributed by atoms with E-state index < -0.39 is 22.4 Å². The second-order valence-electron chi connectivity index (χ2n) is 4.20. The maximum Gasteiger partial charge on any atom is 0.416 e. The van der Waals surface area contributed by atoms with Crippen molar-refractivity contribution in [2.45, 2.75) is 26.4 Å². The number of nitro groups is 1. The van der Waals surface area contributed by atoms with E-state index >= 15 is 0 Å². The second-order valence-corrected chi connectivity index (χ2v) is 4.20. The van der Waals surface area contributed by atoms with Crippen molar-refractivity contribution in [1.82, 2.24) is 0 Å². The van der Waals surface area contributed by atoms with Gasteiger partial charge in [-0.2, -0.15) is 13.2 Å². The number of alkyl halides is 3. The highest BCUT2D eigenvalue weighted by molar-refractivity contribution is 5.44. The van der Waals surface area contributed by atoms with Crippen LogP contribution in [0, 0.1) is 16.0 Å². The Morgan fingerprint density at radius 3 is 2.35 bits per heavy atom. The Balaban J connectivity index is 3.22. The van der Waals surface area contributed by atoms with Crippen LogP contribution in [-0.2, 0) is 12.6 Å². The summed E-state index contributed by atoms with van der Waals surface area (Å²) < 4.78 is 37.2. The van der Waals surface area contributed by atoms with Gasteiger partial charge in [-0.3, -0.25) is 10.1 Å². The quantitative estimate of drug-likeness (QED) is 0.602. The Hall–Kier alpha value is -1.59. The minimum Gasteiger partial charge on any atom is -0.258 e. The smallest absolute Gasteiger partial charge is 0.258 e. The highest BCUT2D eigenvalue weighted by atomic mass is 19.4. The molecule has 0 bridgehead atoms. The van der Waals surface area contributed by atoms with Crippen molar-refractivity contribution in [3.8, 4) is 0 Å². The molecule has 17 heavy (non-hydrogen) atoms. The molecule has 1 aromatic rings. The Morgan fingerprint density at radius 2 is 1.94 bits per heavy atom. The predicted molar refractivity (Wildman–Crippen MR) is 56.6 cm³/mol. The normalized spacial score (nSPS) is 11.9. The van der Waals surface area contributed by atoms with Crippen LogP contribution in [0.25, 0.3) is 0 Å². The fourth-order valence-electron chi connectivity index (χ4n) is 1.52. The van der Waals surface area contributed by atoms with Crippen LogP contribution in [0.4, 0.5) is 18.9 Å². The molecule has 0 amide bonds. The van der Waals surface area contributed by atoms with Crippen molar-refractivity contribution in [2.75, 3.05) is 0 Å². The number of hydrogen-bond acceptors (Lipinski definition) is 2. The number of nitro benzene ring substituents is 1. The summed E-state index contributed by atoms with van der Waals surface area (Å²) in [5.74, 6) is 0.144.